The highest BCUT2D eigenvalue weighted by Crippen LogP contribution is 2.21. The topological polar surface area (TPSA) is 44.3 Å². The largest absolute Gasteiger partial charge is 0.446 e. The van der Waals surface area contributed by atoms with Gasteiger partial charge in [-0.1, -0.05) is 42.7 Å². The van der Waals surface area contributed by atoms with E-state index in [-0.39, 0.29) is 0 Å². The van der Waals surface area contributed by atoms with Crippen molar-refractivity contribution in [3.8, 4) is 0 Å². The van der Waals surface area contributed by atoms with Crippen LogP contribution in [0.4, 0.5) is 11.4 Å². The number of halogens is 1. The van der Waals surface area contributed by atoms with Crippen molar-refractivity contribution in [2.24, 2.45) is 0 Å². The van der Waals surface area contributed by atoms with Crippen LogP contribution in [0.3, 0.4) is 0 Å². The number of thiocarbonyl (C=S) groups is 1. The van der Waals surface area contributed by atoms with E-state index in [0.29, 0.717) is 10.1 Å². The molecule has 0 heterocycles. The van der Waals surface area contributed by atoms with Crippen LogP contribution in [0.2, 0.25) is 11.8 Å². The maximum absolute atomic E-state index is 9.74. The van der Waals surface area contributed by atoms with Gasteiger partial charge in [0, 0.05) is 5.69 Å². The van der Waals surface area contributed by atoms with Gasteiger partial charge in [-0.15, -0.1) is 0 Å². The predicted molar refractivity (Wildman–Crippen MR) is 95.9 cm³/mol. The summed E-state index contributed by atoms with van der Waals surface area (Å²) in [5, 5.41) is 17.0. The first-order valence-electron chi connectivity index (χ1n) is 6.59. The third kappa shape index (κ3) is 3.97. The van der Waals surface area contributed by atoms with Crippen molar-refractivity contribution in [1.29, 1.82) is 0 Å². The summed E-state index contributed by atoms with van der Waals surface area (Å²) in [5.74, 6) is 0. The second kappa shape index (κ2) is 6.94. The molecule has 0 bridgehead atoms. The molecule has 2 aromatic carbocycles. The van der Waals surface area contributed by atoms with Gasteiger partial charge in [-0.2, -0.15) is 0 Å². The highest BCUT2D eigenvalue weighted by atomic mass is 35.5. The zero-order chi connectivity index (χ0) is 15.4. The van der Waals surface area contributed by atoms with Gasteiger partial charge >= 0.3 is 6.92 Å². The van der Waals surface area contributed by atoms with E-state index in [1.165, 1.54) is 0 Å². The van der Waals surface area contributed by atoms with E-state index in [1.807, 2.05) is 43.3 Å². The minimum Gasteiger partial charge on any atom is -0.446 e. The summed E-state index contributed by atoms with van der Waals surface area (Å²) in [6.45, 7) is 3.17. The summed E-state index contributed by atoms with van der Waals surface area (Å²) in [5.41, 5.74) is 3.45. The molecule has 21 heavy (non-hydrogen) atoms. The fourth-order valence-electron chi connectivity index (χ4n) is 2.08. The van der Waals surface area contributed by atoms with Gasteiger partial charge in [0.1, 0.15) is 0 Å². The molecule has 0 aromatic heterocycles. The van der Waals surface area contributed by atoms with E-state index >= 15 is 0 Å². The van der Waals surface area contributed by atoms with Crippen molar-refractivity contribution in [3.05, 3.63) is 53.1 Å². The smallest absolute Gasteiger partial charge is 0.320 e. The second-order valence-electron chi connectivity index (χ2n) is 4.75. The molecular formula is C15H16BClN2OS. The summed E-state index contributed by atoms with van der Waals surface area (Å²) in [4.78, 5) is 0. The van der Waals surface area contributed by atoms with Gasteiger partial charge in [0.25, 0.3) is 0 Å². The maximum atomic E-state index is 9.74. The highest BCUT2D eigenvalue weighted by molar-refractivity contribution is 7.80. The van der Waals surface area contributed by atoms with Crippen molar-refractivity contribution >= 4 is 52.7 Å². The number of hydrogen-bond acceptors (Lipinski definition) is 2. The Labute approximate surface area is 135 Å². The first-order chi connectivity index (χ1) is 9.99. The Kier molecular flexibility index (Phi) is 5.23. The molecule has 3 N–H and O–H groups in total. The molecule has 0 amide bonds. The number of nitrogens with one attached hydrogen (secondary N) is 2. The summed E-state index contributed by atoms with van der Waals surface area (Å²) in [6.07, 6.45) is 0. The SMILES string of the molecule is CB(O)c1cccc(NC(=S)Nc2ccccc2Cl)c1C. The fraction of sp³-hybridized carbons (Fsp3) is 0.133. The third-order valence-electron chi connectivity index (χ3n) is 3.20. The van der Waals surface area contributed by atoms with Crippen LogP contribution >= 0.6 is 23.8 Å². The molecule has 0 unspecified atom stereocenters. The van der Waals surface area contributed by atoms with Crippen molar-refractivity contribution < 1.29 is 5.02 Å². The van der Waals surface area contributed by atoms with Crippen molar-refractivity contribution in [1.82, 2.24) is 0 Å². The molecule has 0 aliphatic rings. The Morgan fingerprint density at radius 1 is 1.10 bits per heavy atom. The number of hydrogen-bond donors (Lipinski definition) is 3. The average molecular weight is 319 g/mol. The van der Waals surface area contributed by atoms with Crippen LogP contribution in [0.5, 0.6) is 0 Å². The van der Waals surface area contributed by atoms with Gasteiger partial charge in [0.05, 0.1) is 10.7 Å². The van der Waals surface area contributed by atoms with Gasteiger partial charge in [-0.25, -0.2) is 0 Å². The molecule has 0 atom stereocenters. The van der Waals surface area contributed by atoms with Crippen LogP contribution in [-0.2, 0) is 0 Å². The van der Waals surface area contributed by atoms with E-state index < -0.39 is 6.92 Å². The Balaban J connectivity index is 2.14. The normalized spacial score (nSPS) is 10.1. The van der Waals surface area contributed by atoms with Crippen LogP contribution < -0.4 is 16.1 Å². The fourth-order valence-corrected chi connectivity index (χ4v) is 2.48. The molecule has 2 rings (SSSR count). The molecule has 0 radical (unpaired) electrons. The third-order valence-corrected chi connectivity index (χ3v) is 3.73. The van der Waals surface area contributed by atoms with Crippen molar-refractivity contribution in [2.45, 2.75) is 13.7 Å². The highest BCUT2D eigenvalue weighted by Gasteiger charge is 2.12. The Morgan fingerprint density at radius 2 is 1.71 bits per heavy atom. The second-order valence-corrected chi connectivity index (χ2v) is 5.57. The molecule has 0 aliphatic heterocycles. The first kappa shape index (κ1) is 15.8. The lowest BCUT2D eigenvalue weighted by Gasteiger charge is -2.15. The van der Waals surface area contributed by atoms with Crippen molar-refractivity contribution in [3.63, 3.8) is 0 Å². The summed E-state index contributed by atoms with van der Waals surface area (Å²) in [6, 6.07) is 13.1. The average Bonchev–Trinajstić information content (AvgIpc) is 2.43. The lowest BCUT2D eigenvalue weighted by molar-refractivity contribution is 0.593. The number of para-hydroxylation sites is 1. The zero-order valence-corrected chi connectivity index (χ0v) is 13.4. The summed E-state index contributed by atoms with van der Waals surface area (Å²) in [7, 11) is 0. The van der Waals surface area contributed by atoms with E-state index in [0.717, 1.165) is 22.4 Å². The standard InChI is InChI=1S/C15H16BClN2OS/c1-10-11(16(2)20)6-5-9-13(10)18-15(21)19-14-8-4-3-7-12(14)17/h3-9,20H,1-2H3,(H2,18,19,21). The maximum Gasteiger partial charge on any atom is 0.320 e. The molecule has 6 heteroatoms. The predicted octanol–water partition coefficient (Wildman–Crippen LogP) is 3.28. The summed E-state index contributed by atoms with van der Waals surface area (Å²) >= 11 is 11.4. The number of benzene rings is 2. The first-order valence-corrected chi connectivity index (χ1v) is 7.37. The van der Waals surface area contributed by atoms with Gasteiger partial charge < -0.3 is 15.7 Å². The zero-order valence-electron chi connectivity index (χ0n) is 11.9. The van der Waals surface area contributed by atoms with Gasteiger partial charge in [0.15, 0.2) is 5.11 Å². The van der Waals surface area contributed by atoms with Gasteiger partial charge in [0.2, 0.25) is 0 Å². The molecule has 0 aliphatic carbocycles. The molecule has 0 saturated heterocycles. The quantitative estimate of drug-likeness (QED) is 0.600. The monoisotopic (exact) mass is 318 g/mol. The number of anilines is 2. The minimum absolute atomic E-state index is 0.453. The van der Waals surface area contributed by atoms with E-state index in [2.05, 4.69) is 10.6 Å². The lowest BCUT2D eigenvalue weighted by atomic mass is 9.62. The van der Waals surface area contributed by atoms with Gasteiger partial charge in [-0.3, -0.25) is 0 Å². The molecule has 0 spiro atoms. The molecule has 2 aromatic rings. The van der Waals surface area contributed by atoms with Crippen LogP contribution in [0.1, 0.15) is 5.56 Å². The van der Waals surface area contributed by atoms with Crippen LogP contribution in [0.15, 0.2) is 42.5 Å². The molecular weight excluding hydrogens is 303 g/mol. The Morgan fingerprint density at radius 3 is 2.38 bits per heavy atom. The Hall–Kier alpha value is -1.56. The molecule has 0 fully saturated rings. The van der Waals surface area contributed by atoms with Crippen LogP contribution in [0.25, 0.3) is 0 Å². The van der Waals surface area contributed by atoms with Crippen molar-refractivity contribution in [2.75, 3.05) is 10.6 Å². The van der Waals surface area contributed by atoms with Crippen LogP contribution in [-0.4, -0.2) is 17.1 Å². The molecule has 0 saturated carbocycles. The number of rotatable bonds is 3. The Bertz CT molecular complexity index is 664. The van der Waals surface area contributed by atoms with Crippen LogP contribution in [0, 0.1) is 6.92 Å². The lowest BCUT2D eigenvalue weighted by Crippen LogP contribution is -2.30. The molecule has 3 nitrogen and oxygen atoms in total. The molecule has 108 valence electrons. The van der Waals surface area contributed by atoms with E-state index in [9.17, 15) is 5.02 Å². The van der Waals surface area contributed by atoms with Gasteiger partial charge in [-0.05, 0) is 48.4 Å². The summed E-state index contributed by atoms with van der Waals surface area (Å²) < 4.78 is 0. The van der Waals surface area contributed by atoms with E-state index in [4.69, 9.17) is 23.8 Å². The minimum atomic E-state index is -0.517. The van der Waals surface area contributed by atoms with E-state index in [1.54, 1.807) is 12.9 Å².